The van der Waals surface area contributed by atoms with Crippen LogP contribution in [0.1, 0.15) is 79.6 Å². The van der Waals surface area contributed by atoms with Crippen molar-refractivity contribution >= 4 is 9.84 Å². The number of aliphatic hydroxyl groups is 2. The highest BCUT2D eigenvalue weighted by Gasteiger charge is 2.46. The van der Waals surface area contributed by atoms with Crippen LogP contribution in [-0.4, -0.2) is 35.6 Å². The number of aliphatic hydroxyl groups excluding tert-OH is 2. The summed E-state index contributed by atoms with van der Waals surface area (Å²) >= 11 is 0. The first-order chi connectivity index (χ1) is 15.7. The molecule has 2 saturated carbocycles. The van der Waals surface area contributed by atoms with Gasteiger partial charge in [0.2, 0.25) is 15.0 Å². The highest BCUT2D eigenvalue weighted by Crippen LogP contribution is 2.57. The lowest BCUT2D eigenvalue weighted by molar-refractivity contribution is 0.0862. The van der Waals surface area contributed by atoms with Crippen molar-refractivity contribution < 1.29 is 23.0 Å². The van der Waals surface area contributed by atoms with Crippen LogP contribution in [0.2, 0.25) is 0 Å². The van der Waals surface area contributed by atoms with Crippen LogP contribution in [0, 0.1) is 17.3 Å². The fourth-order valence-electron chi connectivity index (χ4n) is 5.88. The predicted molar refractivity (Wildman–Crippen MR) is 136 cm³/mol. The van der Waals surface area contributed by atoms with Gasteiger partial charge < -0.3 is 10.2 Å². The van der Waals surface area contributed by atoms with Gasteiger partial charge in [-0.1, -0.05) is 49.8 Å². The summed E-state index contributed by atoms with van der Waals surface area (Å²) in [5, 5.41) is 19.1. The van der Waals surface area contributed by atoms with Crippen LogP contribution in [0.3, 0.4) is 0 Å². The number of hydrogen-bond donors (Lipinski definition) is 2. The second-order valence-electron chi connectivity index (χ2n) is 11.5. The molecule has 0 amide bonds. The largest absolute Gasteiger partial charge is 0.393 e. The molecule has 0 radical (unpaired) electrons. The molecule has 190 valence electrons. The number of halogens is 1. The Morgan fingerprint density at radius 1 is 1.32 bits per heavy atom. The highest BCUT2D eigenvalue weighted by molar-refractivity contribution is 7.96. The molecule has 0 bridgehead atoms. The Hall–Kier alpha value is -1.50. The van der Waals surface area contributed by atoms with Gasteiger partial charge in [0.05, 0.1) is 17.0 Å². The van der Waals surface area contributed by atoms with Crippen LogP contribution >= 0.6 is 0 Å². The summed E-state index contributed by atoms with van der Waals surface area (Å²) in [7, 11) is -3.96. The molecule has 3 rings (SSSR count). The molecule has 0 unspecified atom stereocenters. The lowest BCUT2D eigenvalue weighted by Gasteiger charge is -2.42. The van der Waals surface area contributed by atoms with E-state index in [9.17, 15) is 23.0 Å². The molecule has 0 aromatic rings. The van der Waals surface area contributed by atoms with Crippen LogP contribution in [0.25, 0.3) is 0 Å². The first-order valence-electron chi connectivity index (χ1n) is 12.4. The zero-order chi connectivity index (χ0) is 25.5. The molecule has 3 aliphatic carbocycles. The zero-order valence-electron chi connectivity index (χ0n) is 21.3. The molecule has 4 nitrogen and oxygen atoms in total. The van der Waals surface area contributed by atoms with E-state index in [1.807, 2.05) is 6.08 Å². The molecule has 0 aliphatic heterocycles. The smallest absolute Gasteiger partial charge is 0.211 e. The number of rotatable bonds is 5. The van der Waals surface area contributed by atoms with Crippen LogP contribution in [0.15, 0.2) is 58.3 Å². The second kappa shape index (κ2) is 9.87. The zero-order valence-corrected chi connectivity index (χ0v) is 22.1. The Morgan fingerprint density at radius 3 is 2.65 bits per heavy atom. The molecule has 0 aromatic heterocycles. The number of fused-ring (bicyclic) bond motifs is 1. The van der Waals surface area contributed by atoms with E-state index in [0.717, 1.165) is 31.3 Å². The molecular formula is C28H41FO4S. The number of sulfone groups is 1. The Kier molecular flexibility index (Phi) is 7.86. The molecule has 3 aliphatic rings. The fraction of sp³-hybridized carbons (Fsp3) is 0.643. The average molecular weight is 493 g/mol. The molecule has 5 atom stereocenters. The summed E-state index contributed by atoms with van der Waals surface area (Å²) in [6.07, 6.45) is 11.7. The normalized spacial score (nSPS) is 34.4. The van der Waals surface area contributed by atoms with E-state index < -0.39 is 32.0 Å². The van der Waals surface area contributed by atoms with Crippen molar-refractivity contribution in [1.29, 1.82) is 0 Å². The monoisotopic (exact) mass is 492 g/mol. The standard InChI is InChI=1S/C28H41FO4S/c1-18(9-14-26(29)34(32,33)27(3,4)5)23-12-13-24-20(8-7-15-28(23,24)6)10-11-21-16-22(30)17-25(31)19(21)2/h10-12,14,18,22,24-25,30-31H,2,7-9,13,15-17H2,1,3-6H3/t18-,22+,24+,25-,28-/m1/s1. The number of allylic oxidation sites excluding steroid dienone is 6. The van der Waals surface area contributed by atoms with E-state index >= 15 is 0 Å². The summed E-state index contributed by atoms with van der Waals surface area (Å²) in [4.78, 5) is 0. The van der Waals surface area contributed by atoms with Crippen molar-refractivity contribution in [2.24, 2.45) is 17.3 Å². The minimum atomic E-state index is -3.96. The molecule has 2 fully saturated rings. The molecule has 0 heterocycles. The van der Waals surface area contributed by atoms with Crippen LogP contribution in [0.4, 0.5) is 4.39 Å². The molecule has 2 N–H and O–H groups in total. The summed E-state index contributed by atoms with van der Waals surface area (Å²) in [5.41, 5.74) is 4.22. The van der Waals surface area contributed by atoms with Crippen molar-refractivity contribution in [3.63, 3.8) is 0 Å². The van der Waals surface area contributed by atoms with Gasteiger partial charge in [-0.05, 0) is 93.8 Å². The quantitative estimate of drug-likeness (QED) is 0.455. The van der Waals surface area contributed by atoms with Crippen LogP contribution in [0.5, 0.6) is 0 Å². The maximum Gasteiger partial charge on any atom is 0.211 e. The van der Waals surface area contributed by atoms with Gasteiger partial charge in [0, 0.05) is 6.42 Å². The lowest BCUT2D eigenvalue weighted by Crippen LogP contribution is -2.32. The van der Waals surface area contributed by atoms with Gasteiger partial charge in [-0.25, -0.2) is 8.42 Å². The van der Waals surface area contributed by atoms with Gasteiger partial charge in [-0.15, -0.1) is 0 Å². The van der Waals surface area contributed by atoms with Gasteiger partial charge in [-0.2, -0.15) is 4.39 Å². The summed E-state index contributed by atoms with van der Waals surface area (Å²) in [6.45, 7) is 12.9. The van der Waals surface area contributed by atoms with E-state index in [-0.39, 0.29) is 11.3 Å². The second-order valence-corrected chi connectivity index (χ2v) is 14.2. The van der Waals surface area contributed by atoms with E-state index in [0.29, 0.717) is 30.8 Å². The SMILES string of the molecule is C=C1C(=CC=C2CCC[C@]3(C)C([C@H](C)CC=C(F)S(=O)(=O)C(C)(C)C)=CC[C@@H]23)C[C@H](O)C[C@H]1O. The minimum Gasteiger partial charge on any atom is -0.393 e. The van der Waals surface area contributed by atoms with E-state index in [4.69, 9.17) is 0 Å². The van der Waals surface area contributed by atoms with Gasteiger partial charge in [-0.3, -0.25) is 0 Å². The van der Waals surface area contributed by atoms with Crippen molar-refractivity contribution in [3.05, 3.63) is 58.3 Å². The molecule has 6 heteroatoms. The van der Waals surface area contributed by atoms with Crippen molar-refractivity contribution in [2.75, 3.05) is 0 Å². The average Bonchev–Trinajstić information content (AvgIpc) is 3.09. The Bertz CT molecular complexity index is 1040. The summed E-state index contributed by atoms with van der Waals surface area (Å²) < 4.78 is 38.2. The van der Waals surface area contributed by atoms with Crippen molar-refractivity contribution in [2.45, 2.75) is 96.5 Å². The van der Waals surface area contributed by atoms with Crippen molar-refractivity contribution in [1.82, 2.24) is 0 Å². The summed E-state index contributed by atoms with van der Waals surface area (Å²) in [6, 6.07) is 0. The summed E-state index contributed by atoms with van der Waals surface area (Å²) in [5.74, 6) is 0.409. The number of hydrogen-bond acceptors (Lipinski definition) is 4. The third kappa shape index (κ3) is 5.19. The highest BCUT2D eigenvalue weighted by atomic mass is 32.2. The van der Waals surface area contributed by atoms with Crippen LogP contribution < -0.4 is 0 Å². The van der Waals surface area contributed by atoms with Gasteiger partial charge >= 0.3 is 0 Å². The first-order valence-corrected chi connectivity index (χ1v) is 13.9. The first kappa shape index (κ1) is 27.1. The van der Waals surface area contributed by atoms with E-state index in [1.54, 1.807) is 0 Å². The van der Waals surface area contributed by atoms with Gasteiger partial charge in [0.15, 0.2) is 0 Å². The minimum absolute atomic E-state index is 0.0299. The Labute approximate surface area is 205 Å². The van der Waals surface area contributed by atoms with Gasteiger partial charge in [0.25, 0.3) is 0 Å². The van der Waals surface area contributed by atoms with Crippen LogP contribution in [-0.2, 0) is 9.84 Å². The van der Waals surface area contributed by atoms with Gasteiger partial charge in [0.1, 0.15) is 0 Å². The molecule has 34 heavy (non-hydrogen) atoms. The van der Waals surface area contributed by atoms with Crippen molar-refractivity contribution in [3.8, 4) is 0 Å². The molecular weight excluding hydrogens is 451 g/mol. The molecule has 0 saturated heterocycles. The van der Waals surface area contributed by atoms with E-state index in [1.165, 1.54) is 38.0 Å². The Morgan fingerprint density at radius 2 is 2.00 bits per heavy atom. The lowest BCUT2D eigenvalue weighted by atomic mass is 9.62. The third-order valence-electron chi connectivity index (χ3n) is 8.10. The maximum absolute atomic E-state index is 14.6. The van der Waals surface area contributed by atoms with E-state index in [2.05, 4.69) is 32.6 Å². The predicted octanol–water partition coefficient (Wildman–Crippen LogP) is 6.10. The molecule has 0 spiro atoms. The Balaban J connectivity index is 1.77. The third-order valence-corrected chi connectivity index (χ3v) is 10.4. The molecule has 0 aromatic carbocycles. The maximum atomic E-state index is 14.6. The fourth-order valence-corrected chi connectivity index (χ4v) is 6.78. The topological polar surface area (TPSA) is 74.6 Å².